The highest BCUT2D eigenvalue weighted by molar-refractivity contribution is 7.10. The van der Waals surface area contributed by atoms with Crippen molar-refractivity contribution in [3.05, 3.63) is 15.8 Å². The normalized spacial score (nSPS) is 28.5. The zero-order chi connectivity index (χ0) is 8.72. The van der Waals surface area contributed by atoms with Gasteiger partial charge in [-0.25, -0.2) is 0 Å². The predicted molar refractivity (Wildman–Crippen MR) is 54.6 cm³/mol. The molecule has 0 saturated carbocycles. The molecular weight excluding hydrogens is 166 g/mol. The maximum atomic E-state index is 5.91. The van der Waals surface area contributed by atoms with Gasteiger partial charge in [0.25, 0.3) is 0 Å². The number of nitrogen functional groups attached to an aromatic ring is 1. The van der Waals surface area contributed by atoms with Gasteiger partial charge in [-0.15, -0.1) is 11.3 Å². The van der Waals surface area contributed by atoms with E-state index >= 15 is 0 Å². The first-order valence-electron chi connectivity index (χ1n) is 4.54. The lowest BCUT2D eigenvalue weighted by atomic mass is 9.82. The number of thiophene rings is 1. The Morgan fingerprint density at radius 3 is 3.00 bits per heavy atom. The molecule has 0 fully saturated rings. The van der Waals surface area contributed by atoms with E-state index in [2.05, 4.69) is 19.2 Å². The summed E-state index contributed by atoms with van der Waals surface area (Å²) in [7, 11) is 0. The summed E-state index contributed by atoms with van der Waals surface area (Å²) in [5, 5.41) is 2.10. The first kappa shape index (κ1) is 8.11. The molecule has 0 bridgehead atoms. The lowest BCUT2D eigenvalue weighted by Gasteiger charge is -2.24. The standard InChI is InChI=1S/C10H15NS/c1-6-3-7(2)10-8(11)5-12-9(10)4-6/h5-7H,3-4,11H2,1-2H3. The van der Waals surface area contributed by atoms with Crippen LogP contribution in [0.15, 0.2) is 5.38 Å². The molecular formula is C10H15NS. The van der Waals surface area contributed by atoms with E-state index in [4.69, 9.17) is 5.73 Å². The summed E-state index contributed by atoms with van der Waals surface area (Å²) in [6.45, 7) is 4.62. The van der Waals surface area contributed by atoms with Crippen LogP contribution in [0, 0.1) is 5.92 Å². The molecule has 0 spiro atoms. The Bertz CT molecular complexity index is 290. The number of nitrogens with two attached hydrogens (primary N) is 1. The fourth-order valence-electron chi connectivity index (χ4n) is 2.26. The minimum absolute atomic E-state index is 0.676. The largest absolute Gasteiger partial charge is 0.398 e. The van der Waals surface area contributed by atoms with E-state index in [1.54, 1.807) is 0 Å². The van der Waals surface area contributed by atoms with Crippen molar-refractivity contribution in [3.63, 3.8) is 0 Å². The topological polar surface area (TPSA) is 26.0 Å². The van der Waals surface area contributed by atoms with Gasteiger partial charge >= 0.3 is 0 Å². The molecule has 66 valence electrons. The third-order valence-corrected chi connectivity index (χ3v) is 3.77. The van der Waals surface area contributed by atoms with Crippen molar-refractivity contribution in [2.45, 2.75) is 32.6 Å². The highest BCUT2D eigenvalue weighted by atomic mass is 32.1. The van der Waals surface area contributed by atoms with Crippen LogP contribution in [0.4, 0.5) is 5.69 Å². The second-order valence-electron chi connectivity index (χ2n) is 3.97. The number of fused-ring (bicyclic) bond motifs is 1. The molecule has 2 unspecified atom stereocenters. The van der Waals surface area contributed by atoms with E-state index in [1.165, 1.54) is 23.3 Å². The van der Waals surface area contributed by atoms with Gasteiger partial charge in [0, 0.05) is 15.9 Å². The fraction of sp³-hybridized carbons (Fsp3) is 0.600. The fourth-order valence-corrected chi connectivity index (χ4v) is 3.48. The van der Waals surface area contributed by atoms with Crippen LogP contribution >= 0.6 is 11.3 Å². The van der Waals surface area contributed by atoms with Crippen molar-refractivity contribution in [3.8, 4) is 0 Å². The highest BCUT2D eigenvalue weighted by Gasteiger charge is 2.24. The van der Waals surface area contributed by atoms with Crippen molar-refractivity contribution in [2.75, 3.05) is 5.73 Å². The van der Waals surface area contributed by atoms with Gasteiger partial charge in [0.1, 0.15) is 0 Å². The minimum Gasteiger partial charge on any atom is -0.398 e. The molecule has 0 radical (unpaired) electrons. The molecule has 1 aromatic heterocycles. The summed E-state index contributed by atoms with van der Waals surface area (Å²) in [6, 6.07) is 0. The summed E-state index contributed by atoms with van der Waals surface area (Å²) >= 11 is 1.83. The Morgan fingerprint density at radius 1 is 1.50 bits per heavy atom. The zero-order valence-electron chi connectivity index (χ0n) is 7.63. The van der Waals surface area contributed by atoms with Gasteiger partial charge in [-0.3, -0.25) is 0 Å². The van der Waals surface area contributed by atoms with Crippen LogP contribution in [0.3, 0.4) is 0 Å². The molecule has 1 aliphatic rings. The van der Waals surface area contributed by atoms with Crippen LogP contribution < -0.4 is 5.73 Å². The number of hydrogen-bond acceptors (Lipinski definition) is 2. The van der Waals surface area contributed by atoms with E-state index < -0.39 is 0 Å². The molecule has 0 aliphatic heterocycles. The molecule has 0 saturated heterocycles. The first-order chi connectivity index (χ1) is 5.68. The van der Waals surface area contributed by atoms with Gasteiger partial charge in [-0.2, -0.15) is 0 Å². The molecule has 2 N–H and O–H groups in total. The number of rotatable bonds is 0. The minimum atomic E-state index is 0.676. The third kappa shape index (κ3) is 1.14. The molecule has 0 amide bonds. The summed E-state index contributed by atoms with van der Waals surface area (Å²) < 4.78 is 0. The van der Waals surface area contributed by atoms with Crippen LogP contribution in [0.1, 0.15) is 36.6 Å². The highest BCUT2D eigenvalue weighted by Crippen LogP contribution is 2.41. The quantitative estimate of drug-likeness (QED) is 0.654. The maximum absolute atomic E-state index is 5.91. The van der Waals surface area contributed by atoms with Crippen molar-refractivity contribution in [1.82, 2.24) is 0 Å². The molecule has 2 rings (SSSR count). The molecule has 1 nitrogen and oxygen atoms in total. The summed E-state index contributed by atoms with van der Waals surface area (Å²) in [5.41, 5.74) is 8.37. The predicted octanol–water partition coefficient (Wildman–Crippen LogP) is 3.02. The Morgan fingerprint density at radius 2 is 2.25 bits per heavy atom. The Balaban J connectivity index is 2.43. The Kier molecular flexibility index (Phi) is 1.87. The van der Waals surface area contributed by atoms with Crippen molar-refractivity contribution in [2.24, 2.45) is 5.92 Å². The average Bonchev–Trinajstić information content (AvgIpc) is 2.31. The summed E-state index contributed by atoms with van der Waals surface area (Å²) in [4.78, 5) is 1.53. The van der Waals surface area contributed by atoms with Gasteiger partial charge < -0.3 is 5.73 Å². The van der Waals surface area contributed by atoms with Gasteiger partial charge in [-0.1, -0.05) is 13.8 Å². The van der Waals surface area contributed by atoms with Crippen molar-refractivity contribution in [1.29, 1.82) is 0 Å². The van der Waals surface area contributed by atoms with Crippen LogP contribution in [-0.4, -0.2) is 0 Å². The van der Waals surface area contributed by atoms with Gasteiger partial charge in [0.2, 0.25) is 0 Å². The van der Waals surface area contributed by atoms with Crippen molar-refractivity contribution < 1.29 is 0 Å². The van der Waals surface area contributed by atoms with Crippen LogP contribution in [0.5, 0.6) is 0 Å². The van der Waals surface area contributed by atoms with Gasteiger partial charge in [0.15, 0.2) is 0 Å². The number of hydrogen-bond donors (Lipinski definition) is 1. The Labute approximate surface area is 77.6 Å². The molecule has 2 heteroatoms. The molecule has 2 atom stereocenters. The number of anilines is 1. The first-order valence-corrected chi connectivity index (χ1v) is 5.42. The van der Waals surface area contributed by atoms with E-state index in [0.717, 1.165) is 11.6 Å². The summed E-state index contributed by atoms with van der Waals surface area (Å²) in [6.07, 6.45) is 2.54. The smallest absolute Gasteiger partial charge is 0.0460 e. The maximum Gasteiger partial charge on any atom is 0.0460 e. The Hall–Kier alpha value is -0.500. The summed E-state index contributed by atoms with van der Waals surface area (Å²) in [5.74, 6) is 1.51. The zero-order valence-corrected chi connectivity index (χ0v) is 8.45. The van der Waals surface area contributed by atoms with E-state index in [1.807, 2.05) is 11.3 Å². The average molecular weight is 181 g/mol. The monoisotopic (exact) mass is 181 g/mol. The van der Waals surface area contributed by atoms with Gasteiger partial charge in [0.05, 0.1) is 0 Å². The molecule has 1 heterocycles. The van der Waals surface area contributed by atoms with Crippen LogP contribution in [-0.2, 0) is 6.42 Å². The molecule has 1 aliphatic carbocycles. The van der Waals surface area contributed by atoms with E-state index in [-0.39, 0.29) is 0 Å². The molecule has 0 aromatic carbocycles. The third-order valence-electron chi connectivity index (χ3n) is 2.72. The van der Waals surface area contributed by atoms with Crippen LogP contribution in [0.25, 0.3) is 0 Å². The second-order valence-corrected chi connectivity index (χ2v) is 4.94. The lowest BCUT2D eigenvalue weighted by Crippen LogP contribution is -2.13. The molecule has 12 heavy (non-hydrogen) atoms. The SMILES string of the molecule is CC1Cc2scc(N)c2C(C)C1. The van der Waals surface area contributed by atoms with Crippen LogP contribution in [0.2, 0.25) is 0 Å². The lowest BCUT2D eigenvalue weighted by molar-refractivity contribution is 0.456. The second kappa shape index (κ2) is 2.77. The van der Waals surface area contributed by atoms with Crippen molar-refractivity contribution >= 4 is 17.0 Å². The van der Waals surface area contributed by atoms with E-state index in [9.17, 15) is 0 Å². The van der Waals surface area contributed by atoms with E-state index in [0.29, 0.717) is 5.92 Å². The van der Waals surface area contributed by atoms with Gasteiger partial charge in [-0.05, 0) is 30.2 Å². The molecule has 1 aromatic rings.